The first kappa shape index (κ1) is 11.9. The van der Waals surface area contributed by atoms with Crippen molar-refractivity contribution in [1.29, 1.82) is 0 Å². The van der Waals surface area contributed by atoms with Crippen molar-refractivity contribution in [1.82, 2.24) is 0 Å². The van der Waals surface area contributed by atoms with Gasteiger partial charge in [0.1, 0.15) is 0 Å². The largest absolute Gasteiger partial charge is 0.552 e. The predicted octanol–water partition coefficient (Wildman–Crippen LogP) is -0.402. The lowest BCUT2D eigenvalue weighted by Gasteiger charge is -2.44. The topological polar surface area (TPSA) is 35.5 Å². The zero-order valence-electron chi connectivity index (χ0n) is 10.7. The van der Waals surface area contributed by atoms with Gasteiger partial charge in [-0.15, -0.1) is 0 Å². The highest BCUT2D eigenvalue weighted by atomic mass is 127. The van der Waals surface area contributed by atoms with Crippen LogP contribution in [-0.2, 0) is 9.47 Å². The van der Waals surface area contributed by atoms with E-state index >= 15 is 0 Å². The van der Waals surface area contributed by atoms with Crippen LogP contribution in [0.4, 0.5) is 4.79 Å². The summed E-state index contributed by atoms with van der Waals surface area (Å²) in [6, 6.07) is 0. The first-order chi connectivity index (χ1) is 8.53. The van der Waals surface area contributed by atoms with Crippen LogP contribution in [-0.4, -0.2) is 16.9 Å². The fourth-order valence-electron chi connectivity index (χ4n) is 5.49. The lowest BCUT2D eigenvalue weighted by molar-refractivity contribution is -0.301. The summed E-state index contributed by atoms with van der Waals surface area (Å²) in [5.41, 5.74) is 1.23. The van der Waals surface area contributed by atoms with Crippen LogP contribution in [0.25, 0.3) is 0 Å². The van der Waals surface area contributed by atoms with Gasteiger partial charge >= 0.3 is 26.6 Å². The molecular weight excluding hydrogens is 343 g/mol. The van der Waals surface area contributed by atoms with Crippen molar-refractivity contribution in [2.75, 3.05) is 6.61 Å². The molecule has 1 spiro atoms. The maximum absolute atomic E-state index is 10.9. The lowest BCUT2D eigenvalue weighted by Crippen LogP contribution is -3.38. The summed E-state index contributed by atoms with van der Waals surface area (Å²) in [5, 5.41) is 0. The molecule has 4 rings (SSSR count). The number of carbonyl (C=O) groups excluding carboxylic acids is 1. The number of halogens is 1. The Morgan fingerprint density at radius 3 is 2.94 bits per heavy atom. The van der Waals surface area contributed by atoms with Crippen LogP contribution in [0.15, 0.2) is 0 Å². The van der Waals surface area contributed by atoms with Crippen molar-refractivity contribution < 1.29 is 36.9 Å². The predicted molar refractivity (Wildman–Crippen MR) is 61.7 cm³/mol. The number of carbonyl (C=O) groups is 1. The van der Waals surface area contributed by atoms with Crippen molar-refractivity contribution in [2.24, 2.45) is 28.6 Å². The van der Waals surface area contributed by atoms with Crippen LogP contribution in [0.1, 0.15) is 39.0 Å². The Morgan fingerprint density at radius 1 is 1.33 bits per heavy atom. The van der Waals surface area contributed by atoms with Crippen molar-refractivity contribution in [2.45, 2.75) is 45.3 Å². The summed E-state index contributed by atoms with van der Waals surface area (Å²) < 4.78 is 10.6. The Kier molecular flexibility index (Phi) is 2.41. The molecule has 4 aliphatic rings. The molecule has 0 aromatic carbocycles. The van der Waals surface area contributed by atoms with E-state index in [-0.39, 0.29) is 10.3 Å². The minimum Gasteiger partial charge on any atom is -0.398 e. The van der Waals surface area contributed by atoms with E-state index in [1.165, 1.54) is 54.7 Å². The molecule has 4 heteroatoms. The highest BCUT2D eigenvalue weighted by Crippen LogP contribution is 2.83. The number of hydrogen-bond acceptors (Lipinski definition) is 3. The molecule has 18 heavy (non-hydrogen) atoms. The van der Waals surface area contributed by atoms with E-state index in [1.807, 2.05) is 6.92 Å². The molecule has 4 aliphatic carbocycles. The molecule has 6 atom stereocenters. The van der Waals surface area contributed by atoms with Gasteiger partial charge in [-0.1, -0.05) is 0 Å². The Hall–Kier alpha value is 0.160. The molecule has 0 saturated heterocycles. The van der Waals surface area contributed by atoms with Crippen molar-refractivity contribution >= 4 is 3.98 Å². The molecule has 4 fully saturated rings. The third-order valence-electron chi connectivity index (χ3n) is 6.14. The normalized spacial score (nSPS) is 52.2. The van der Waals surface area contributed by atoms with E-state index in [9.17, 15) is 4.79 Å². The van der Waals surface area contributed by atoms with E-state index in [2.05, 4.69) is 0 Å². The number of hydrogen-bond donors (Lipinski definition) is 0. The fraction of sp³-hybridized carbons (Fsp3) is 0.929. The Labute approximate surface area is 121 Å². The van der Waals surface area contributed by atoms with Gasteiger partial charge in [-0.2, -0.15) is 4.79 Å². The smallest absolute Gasteiger partial charge is 0.398 e. The second-order valence-electron chi connectivity index (χ2n) is 7.06. The van der Waals surface area contributed by atoms with Gasteiger partial charge in [0.15, 0.2) is 0 Å². The van der Waals surface area contributed by atoms with Gasteiger partial charge in [0, 0.05) is 0 Å². The van der Waals surface area contributed by atoms with E-state index in [4.69, 9.17) is 9.47 Å². The maximum atomic E-state index is 10.9. The molecule has 0 aromatic heterocycles. The molecular formula is C14H20IO3+. The molecule has 2 bridgehead atoms. The van der Waals surface area contributed by atoms with Crippen molar-refractivity contribution in [3.05, 3.63) is 0 Å². The van der Waals surface area contributed by atoms with Crippen LogP contribution < -0.4 is 22.6 Å². The summed E-state index contributed by atoms with van der Waals surface area (Å²) in [6.45, 7) is 2.62. The standard InChI is InChI=1S/C14H20IO3/c1-8(18-12(15)16)17-7-13-2-9-3-14(11(9)6-13)5-10(14)4-13/h8-11,15H,2-7H2,1H3/q+1. The summed E-state index contributed by atoms with van der Waals surface area (Å²) in [4.78, 5) is 10.9. The van der Waals surface area contributed by atoms with E-state index in [0.29, 0.717) is 5.41 Å². The van der Waals surface area contributed by atoms with Gasteiger partial charge in [0.05, 0.1) is 6.61 Å². The molecule has 0 aromatic rings. The van der Waals surface area contributed by atoms with Gasteiger partial charge in [-0.25, -0.2) is 0 Å². The van der Waals surface area contributed by atoms with Crippen molar-refractivity contribution in [3.8, 4) is 0 Å². The Bertz CT molecular complexity index is 408. The first-order valence-electron chi connectivity index (χ1n) is 7.02. The zero-order valence-corrected chi connectivity index (χ0v) is 13.0. The number of fused-ring (bicyclic) bond motifs is 1. The van der Waals surface area contributed by atoms with E-state index in [1.54, 1.807) is 0 Å². The van der Waals surface area contributed by atoms with Gasteiger partial charge in [-0.3, -0.25) is 0 Å². The highest BCUT2D eigenvalue weighted by molar-refractivity contribution is 5.54. The molecule has 100 valence electrons. The minimum atomic E-state index is -0.385. The summed E-state index contributed by atoms with van der Waals surface area (Å²) >= 11 is 1.37. The third kappa shape index (κ3) is 1.54. The van der Waals surface area contributed by atoms with Gasteiger partial charge in [0.2, 0.25) is 6.29 Å². The number of rotatable bonds is 4. The van der Waals surface area contributed by atoms with Crippen molar-refractivity contribution in [3.63, 3.8) is 0 Å². The molecule has 0 radical (unpaired) electrons. The third-order valence-corrected chi connectivity index (χ3v) is 6.42. The average Bonchev–Trinajstić information content (AvgIpc) is 2.93. The summed E-state index contributed by atoms with van der Waals surface area (Å²) in [5.74, 6) is 3.01. The lowest BCUT2D eigenvalue weighted by atomic mass is 9.61. The second kappa shape index (κ2) is 3.62. The molecule has 0 amide bonds. The van der Waals surface area contributed by atoms with Crippen LogP contribution in [0.3, 0.4) is 0 Å². The second-order valence-corrected chi connectivity index (χ2v) is 8.02. The van der Waals surface area contributed by atoms with Crippen LogP contribution in [0.5, 0.6) is 0 Å². The molecule has 3 nitrogen and oxygen atoms in total. The monoisotopic (exact) mass is 363 g/mol. The molecule has 4 saturated carbocycles. The molecule has 6 unspecified atom stereocenters. The van der Waals surface area contributed by atoms with E-state index < -0.39 is 0 Å². The van der Waals surface area contributed by atoms with E-state index in [0.717, 1.165) is 29.8 Å². The van der Waals surface area contributed by atoms with Crippen LogP contribution in [0.2, 0.25) is 0 Å². The number of ether oxygens (including phenoxy) is 2. The summed E-state index contributed by atoms with van der Waals surface area (Å²) in [7, 11) is 0. The van der Waals surface area contributed by atoms with Gasteiger partial charge in [0.25, 0.3) is 0 Å². The minimum absolute atomic E-state index is 0.243. The van der Waals surface area contributed by atoms with Gasteiger partial charge < -0.3 is 9.47 Å². The maximum Gasteiger partial charge on any atom is 0.552 e. The highest BCUT2D eigenvalue weighted by Gasteiger charge is 2.76. The SMILES string of the molecule is CC(OCC12CC3CC4(CC4C1)C3C2)OC(=O)[IH+]. The average molecular weight is 363 g/mol. The van der Waals surface area contributed by atoms with Crippen LogP contribution in [0, 0.1) is 28.6 Å². The summed E-state index contributed by atoms with van der Waals surface area (Å²) in [6.07, 6.45) is 6.72. The van der Waals surface area contributed by atoms with Crippen LogP contribution >= 0.6 is 0 Å². The zero-order chi connectivity index (χ0) is 12.5. The quantitative estimate of drug-likeness (QED) is 0.387. The molecule has 0 aliphatic heterocycles. The Balaban J connectivity index is 1.39. The first-order valence-corrected chi connectivity index (χ1v) is 8.19. The fourth-order valence-corrected chi connectivity index (χ4v) is 5.88. The molecule has 0 heterocycles. The Morgan fingerprint density at radius 2 is 2.17 bits per heavy atom. The molecule has 0 N–H and O–H groups in total. The van der Waals surface area contributed by atoms with Gasteiger partial charge in [-0.05, 0) is 67.6 Å².